The predicted octanol–water partition coefficient (Wildman–Crippen LogP) is 3.89. The van der Waals surface area contributed by atoms with Crippen LogP contribution in [0.5, 0.6) is 0 Å². The molecule has 0 bridgehead atoms. The Morgan fingerprint density at radius 2 is 2.00 bits per heavy atom. The fourth-order valence-electron chi connectivity index (χ4n) is 1.76. The molecule has 1 aromatic rings. The SMILES string of the molecule is C=Cc1nccn1CCCCCCCC. The lowest BCUT2D eigenvalue weighted by molar-refractivity contribution is 0.556. The summed E-state index contributed by atoms with van der Waals surface area (Å²) in [4.78, 5) is 4.21. The zero-order valence-corrected chi connectivity index (χ0v) is 9.78. The maximum atomic E-state index is 4.21. The summed E-state index contributed by atoms with van der Waals surface area (Å²) in [6.45, 7) is 7.08. The van der Waals surface area contributed by atoms with Crippen LogP contribution in [0.25, 0.3) is 6.08 Å². The van der Waals surface area contributed by atoms with Gasteiger partial charge >= 0.3 is 0 Å². The van der Waals surface area contributed by atoms with Gasteiger partial charge in [-0.15, -0.1) is 0 Å². The summed E-state index contributed by atoms with van der Waals surface area (Å²) in [7, 11) is 0. The van der Waals surface area contributed by atoms with Crippen molar-refractivity contribution in [1.82, 2.24) is 9.55 Å². The normalized spacial score (nSPS) is 10.5. The molecule has 0 fully saturated rings. The molecule has 1 heterocycles. The molecule has 0 aliphatic carbocycles. The Morgan fingerprint density at radius 3 is 2.73 bits per heavy atom. The molecule has 84 valence electrons. The fraction of sp³-hybridized carbons (Fsp3) is 0.615. The molecular weight excluding hydrogens is 184 g/mol. The summed E-state index contributed by atoms with van der Waals surface area (Å²) >= 11 is 0. The number of aromatic nitrogens is 2. The fourth-order valence-corrected chi connectivity index (χ4v) is 1.76. The van der Waals surface area contributed by atoms with Crippen LogP contribution in [-0.4, -0.2) is 9.55 Å². The number of imidazole rings is 1. The largest absolute Gasteiger partial charge is 0.332 e. The number of rotatable bonds is 8. The number of nitrogens with zero attached hydrogens (tertiary/aromatic N) is 2. The van der Waals surface area contributed by atoms with E-state index in [0.29, 0.717) is 0 Å². The van der Waals surface area contributed by atoms with Gasteiger partial charge in [-0.1, -0.05) is 45.6 Å². The molecule has 0 amide bonds. The third kappa shape index (κ3) is 4.32. The van der Waals surface area contributed by atoms with E-state index >= 15 is 0 Å². The van der Waals surface area contributed by atoms with Gasteiger partial charge in [-0.2, -0.15) is 0 Å². The van der Waals surface area contributed by atoms with E-state index in [1.807, 2.05) is 18.5 Å². The summed E-state index contributed by atoms with van der Waals surface area (Å²) in [6, 6.07) is 0. The van der Waals surface area contributed by atoms with Crippen LogP contribution in [0.1, 0.15) is 51.3 Å². The number of aryl methyl sites for hydroxylation is 1. The second-order valence-electron chi connectivity index (χ2n) is 3.95. The highest BCUT2D eigenvalue weighted by atomic mass is 15.0. The quantitative estimate of drug-likeness (QED) is 0.590. The monoisotopic (exact) mass is 206 g/mol. The Balaban J connectivity index is 2.12. The van der Waals surface area contributed by atoms with Crippen molar-refractivity contribution in [1.29, 1.82) is 0 Å². The van der Waals surface area contributed by atoms with Gasteiger partial charge < -0.3 is 4.57 Å². The number of hydrogen-bond acceptors (Lipinski definition) is 1. The second-order valence-corrected chi connectivity index (χ2v) is 3.95. The first-order chi connectivity index (χ1) is 7.38. The lowest BCUT2D eigenvalue weighted by Gasteiger charge is -2.04. The van der Waals surface area contributed by atoms with Crippen LogP contribution in [0.2, 0.25) is 0 Å². The standard InChI is InChI=1S/C13H22N2/c1-3-5-6-7-8-9-11-15-12-10-14-13(15)4-2/h4,10,12H,2-3,5-9,11H2,1H3. The van der Waals surface area contributed by atoms with Gasteiger partial charge in [0.25, 0.3) is 0 Å². The van der Waals surface area contributed by atoms with E-state index in [1.54, 1.807) is 0 Å². The van der Waals surface area contributed by atoms with Crippen molar-refractivity contribution >= 4 is 6.08 Å². The Morgan fingerprint density at radius 1 is 1.27 bits per heavy atom. The molecule has 0 N–H and O–H groups in total. The molecule has 1 rings (SSSR count). The third-order valence-electron chi connectivity index (χ3n) is 2.68. The molecular formula is C13H22N2. The van der Waals surface area contributed by atoms with E-state index in [0.717, 1.165) is 12.4 Å². The van der Waals surface area contributed by atoms with Gasteiger partial charge in [0.1, 0.15) is 5.82 Å². The minimum absolute atomic E-state index is 0.989. The summed E-state index contributed by atoms with van der Waals surface area (Å²) in [5, 5.41) is 0. The van der Waals surface area contributed by atoms with Crippen molar-refractivity contribution in [3.63, 3.8) is 0 Å². The summed E-state index contributed by atoms with van der Waals surface area (Å²) in [5.41, 5.74) is 0. The summed E-state index contributed by atoms with van der Waals surface area (Å²) < 4.78 is 2.17. The first-order valence-electron chi connectivity index (χ1n) is 6.02. The molecule has 15 heavy (non-hydrogen) atoms. The van der Waals surface area contributed by atoms with Crippen LogP contribution in [0, 0.1) is 0 Å². The van der Waals surface area contributed by atoms with E-state index in [2.05, 4.69) is 23.1 Å². The first-order valence-corrected chi connectivity index (χ1v) is 6.02. The maximum absolute atomic E-state index is 4.21. The average Bonchev–Trinajstić information content (AvgIpc) is 2.70. The summed E-state index contributed by atoms with van der Waals surface area (Å²) in [6.07, 6.45) is 13.7. The first kappa shape index (κ1) is 12.0. The molecule has 0 radical (unpaired) electrons. The zero-order chi connectivity index (χ0) is 10.9. The molecule has 2 heteroatoms. The van der Waals surface area contributed by atoms with Gasteiger partial charge in [0.2, 0.25) is 0 Å². The highest BCUT2D eigenvalue weighted by molar-refractivity contribution is 5.36. The van der Waals surface area contributed by atoms with Crippen LogP contribution < -0.4 is 0 Å². The molecule has 0 saturated carbocycles. The second kappa shape index (κ2) is 7.27. The lowest BCUT2D eigenvalue weighted by atomic mass is 10.1. The molecule has 1 aromatic heterocycles. The van der Waals surface area contributed by atoms with E-state index < -0.39 is 0 Å². The minimum Gasteiger partial charge on any atom is -0.332 e. The van der Waals surface area contributed by atoms with E-state index in [-0.39, 0.29) is 0 Å². The number of unbranched alkanes of at least 4 members (excludes halogenated alkanes) is 5. The Bertz CT molecular complexity index is 276. The summed E-state index contributed by atoms with van der Waals surface area (Å²) in [5.74, 6) is 0.989. The molecule has 0 atom stereocenters. The van der Waals surface area contributed by atoms with Gasteiger partial charge in [-0.3, -0.25) is 0 Å². The van der Waals surface area contributed by atoms with Crippen molar-refractivity contribution in [2.75, 3.05) is 0 Å². The van der Waals surface area contributed by atoms with Crippen molar-refractivity contribution in [3.8, 4) is 0 Å². The van der Waals surface area contributed by atoms with E-state index in [4.69, 9.17) is 0 Å². The van der Waals surface area contributed by atoms with Crippen molar-refractivity contribution < 1.29 is 0 Å². The molecule has 0 aromatic carbocycles. The van der Waals surface area contributed by atoms with Gasteiger partial charge in [-0.05, 0) is 12.5 Å². The smallest absolute Gasteiger partial charge is 0.131 e. The Kier molecular flexibility index (Phi) is 5.83. The van der Waals surface area contributed by atoms with Gasteiger partial charge in [0.15, 0.2) is 0 Å². The minimum atomic E-state index is 0.989. The van der Waals surface area contributed by atoms with Crippen LogP contribution in [0.3, 0.4) is 0 Å². The molecule has 0 unspecified atom stereocenters. The van der Waals surface area contributed by atoms with Crippen molar-refractivity contribution in [2.45, 2.75) is 52.0 Å². The highest BCUT2D eigenvalue weighted by Crippen LogP contribution is 2.07. The van der Waals surface area contributed by atoms with Gasteiger partial charge in [0, 0.05) is 18.9 Å². The highest BCUT2D eigenvalue weighted by Gasteiger charge is 1.97. The van der Waals surface area contributed by atoms with Crippen molar-refractivity contribution in [2.24, 2.45) is 0 Å². The maximum Gasteiger partial charge on any atom is 0.131 e. The average molecular weight is 206 g/mol. The molecule has 0 spiro atoms. The van der Waals surface area contributed by atoms with Crippen LogP contribution in [0.15, 0.2) is 19.0 Å². The number of hydrogen-bond donors (Lipinski definition) is 0. The van der Waals surface area contributed by atoms with Crippen LogP contribution >= 0.6 is 0 Å². The van der Waals surface area contributed by atoms with E-state index in [1.165, 1.54) is 38.5 Å². The van der Waals surface area contributed by atoms with Crippen molar-refractivity contribution in [3.05, 3.63) is 24.8 Å². The molecule has 0 aliphatic heterocycles. The lowest BCUT2D eigenvalue weighted by Crippen LogP contribution is -1.99. The molecule has 0 aliphatic rings. The van der Waals surface area contributed by atoms with Crippen LogP contribution in [-0.2, 0) is 6.54 Å². The van der Waals surface area contributed by atoms with Gasteiger partial charge in [-0.25, -0.2) is 4.98 Å². The predicted molar refractivity (Wildman–Crippen MR) is 65.7 cm³/mol. The zero-order valence-electron chi connectivity index (χ0n) is 9.78. The van der Waals surface area contributed by atoms with E-state index in [9.17, 15) is 0 Å². The topological polar surface area (TPSA) is 17.8 Å². The Labute approximate surface area is 93.0 Å². The molecule has 2 nitrogen and oxygen atoms in total. The van der Waals surface area contributed by atoms with Gasteiger partial charge in [0.05, 0.1) is 0 Å². The Hall–Kier alpha value is -1.05. The molecule has 0 saturated heterocycles. The van der Waals surface area contributed by atoms with Crippen LogP contribution in [0.4, 0.5) is 0 Å². The third-order valence-corrected chi connectivity index (χ3v) is 2.68.